The minimum absolute atomic E-state index is 0.764. The van der Waals surface area contributed by atoms with Gasteiger partial charge in [0.1, 0.15) is 195 Å². The van der Waals surface area contributed by atoms with Crippen molar-refractivity contribution in [1.29, 1.82) is 0 Å². The molecule has 8 saturated heterocycles. The highest BCUT2D eigenvalue weighted by Gasteiger charge is 2.59. The van der Waals surface area contributed by atoms with E-state index in [1.807, 2.05) is 0 Å². The third kappa shape index (κ3) is 17.0. The summed E-state index contributed by atoms with van der Waals surface area (Å²) in [5.41, 5.74) is 0. The molecule has 0 saturated carbocycles. The van der Waals surface area contributed by atoms with Crippen LogP contribution in [0.1, 0.15) is 13.8 Å². The van der Waals surface area contributed by atoms with Crippen LogP contribution in [0.4, 0.5) is 0 Å². The lowest BCUT2D eigenvalue weighted by Crippen LogP contribution is -2.70. The maximum Gasteiger partial charge on any atom is 0.217 e. The minimum Gasteiger partial charge on any atom is -0.394 e. The Kier molecular flexibility index (Phi) is 27.9. The van der Waals surface area contributed by atoms with E-state index in [-0.39, 0.29) is 0 Å². The number of hydrogen-bond donors (Lipinski definition) is 26. The van der Waals surface area contributed by atoms with E-state index in [4.69, 9.17) is 71.1 Å². The number of ether oxygens (including phenoxy) is 15. The fourth-order valence-electron chi connectivity index (χ4n) is 12.1. The predicted molar refractivity (Wildman–Crippen MR) is 288 cm³/mol. The summed E-state index contributed by atoms with van der Waals surface area (Å²) in [6.07, 6.45) is -77.4. The third-order valence-corrected chi connectivity index (χ3v) is 17.4. The monoisotopic (exact) mass is 1400 g/mol. The number of aliphatic hydroxyl groups excluding tert-OH is 24. The van der Waals surface area contributed by atoms with Gasteiger partial charge in [0, 0.05) is 13.8 Å². The lowest BCUT2D eigenvalue weighted by atomic mass is 9.94. The first kappa shape index (κ1) is 78.1. The van der Waals surface area contributed by atoms with Crippen LogP contribution in [0.15, 0.2) is 0 Å². The van der Waals surface area contributed by atoms with Crippen molar-refractivity contribution in [3.8, 4) is 0 Å². The normalized spacial score (nSPS) is 50.8. The average molecular weight is 1400 g/mol. The molecule has 552 valence electrons. The van der Waals surface area contributed by atoms with Crippen LogP contribution in [0, 0.1) is 0 Å². The molecule has 0 aliphatic carbocycles. The maximum absolute atomic E-state index is 12.8. The van der Waals surface area contributed by atoms with Crippen LogP contribution < -0.4 is 10.6 Å². The van der Waals surface area contributed by atoms with E-state index in [0.29, 0.717) is 0 Å². The molecule has 26 N–H and O–H groups in total. The van der Waals surface area contributed by atoms with Gasteiger partial charge in [-0.15, -0.1) is 0 Å². The molecule has 43 nitrogen and oxygen atoms in total. The molecule has 40 atom stereocenters. The van der Waals surface area contributed by atoms with Crippen molar-refractivity contribution >= 4 is 11.8 Å². The number of carbonyl (C=O) groups is 2. The van der Waals surface area contributed by atoms with Crippen LogP contribution >= 0.6 is 0 Å². The molecule has 43 heteroatoms. The Morgan fingerprint density at radius 3 is 0.937 bits per heavy atom. The van der Waals surface area contributed by atoms with Gasteiger partial charge in [-0.25, -0.2) is 0 Å². The summed E-state index contributed by atoms with van der Waals surface area (Å²) in [5.74, 6) is -1.67. The lowest BCUT2D eigenvalue weighted by molar-refractivity contribution is -0.394. The number of hydrogen-bond acceptors (Lipinski definition) is 41. The standard InChI is InChI=1S/C52H88N2O41/c1-11(61)53-21-29(69)40(17(7-59)83-45(21)80)91-46-22(54-12(2)62)30(70)41(18(8-60)88-46)92-52-39(79)44(95-51-38(78)42(26(66)16(6-58)87-51)93-49-35(75)32(72)24(64)14(4-56)85-49)28(68)20(90-52)10-82-48-37(77)43(94-50-36(76)33(73)25(65)15(5-57)86-50)27(67)19(89-48)9-81-47-34(74)31(71)23(63)13(3-55)84-47/h13-52,55-60,63-80H,3-10H2,1-2H3,(H,53,61)(H,54,62)/t13-,14-,15-,16-,17-,18-,19-,20-,21-,22-,23-,24-,25-,26-,27-,28-,29-,30-,31+,32+,33+,34+,35+,36+,37+,38+,39+,40-,41-,42+,43+,44+,45-,46+,47+,48+,49-,50-,51-,52+/m1/s1. The van der Waals surface area contributed by atoms with Gasteiger partial charge in [0.15, 0.2) is 50.3 Å². The Hall–Kier alpha value is -2.62. The van der Waals surface area contributed by atoms with Crippen molar-refractivity contribution in [2.24, 2.45) is 0 Å². The van der Waals surface area contributed by atoms with Gasteiger partial charge in [0.25, 0.3) is 0 Å². The molecule has 0 spiro atoms. The van der Waals surface area contributed by atoms with E-state index in [2.05, 4.69) is 10.6 Å². The zero-order chi connectivity index (χ0) is 69.9. The molecule has 8 heterocycles. The molecule has 8 aliphatic heterocycles. The van der Waals surface area contributed by atoms with E-state index in [1.165, 1.54) is 0 Å². The molecule has 0 unspecified atom stereocenters. The number of nitrogens with one attached hydrogen (secondary N) is 2. The molecular formula is C52H88N2O41. The third-order valence-electron chi connectivity index (χ3n) is 17.4. The van der Waals surface area contributed by atoms with E-state index in [1.54, 1.807) is 0 Å². The quantitative estimate of drug-likeness (QED) is 0.0427. The molecule has 2 amide bonds. The number of rotatable bonds is 24. The predicted octanol–water partition coefficient (Wildman–Crippen LogP) is -18.2. The number of amides is 2. The van der Waals surface area contributed by atoms with Crippen molar-refractivity contribution in [3.05, 3.63) is 0 Å². The summed E-state index contributed by atoms with van der Waals surface area (Å²) < 4.78 is 86.2. The second-order valence-electron chi connectivity index (χ2n) is 23.9. The van der Waals surface area contributed by atoms with Gasteiger partial charge in [-0.1, -0.05) is 0 Å². The van der Waals surface area contributed by atoms with Crippen molar-refractivity contribution < 1.29 is 203 Å². The topological polar surface area (TPSA) is 682 Å². The van der Waals surface area contributed by atoms with Gasteiger partial charge in [0.2, 0.25) is 11.8 Å². The first-order valence-corrected chi connectivity index (χ1v) is 30.1. The van der Waals surface area contributed by atoms with Gasteiger partial charge in [-0.3, -0.25) is 9.59 Å². The Balaban J connectivity index is 1.10. The first-order chi connectivity index (χ1) is 44.9. The Morgan fingerprint density at radius 1 is 0.274 bits per heavy atom. The van der Waals surface area contributed by atoms with E-state index < -0.39 is 310 Å². The van der Waals surface area contributed by atoms with Crippen LogP contribution in [0.25, 0.3) is 0 Å². The molecular weight excluding hydrogens is 1310 g/mol. The zero-order valence-electron chi connectivity index (χ0n) is 50.4. The first-order valence-electron chi connectivity index (χ1n) is 30.1. The van der Waals surface area contributed by atoms with Gasteiger partial charge in [0.05, 0.1) is 52.9 Å². The summed E-state index contributed by atoms with van der Waals surface area (Å²) in [6.45, 7) is -6.21. The second kappa shape index (κ2) is 33.9. The van der Waals surface area contributed by atoms with Crippen LogP contribution in [-0.4, -0.2) is 433 Å². The average Bonchev–Trinajstić information content (AvgIpc) is 0.779. The fourth-order valence-corrected chi connectivity index (χ4v) is 12.1. The van der Waals surface area contributed by atoms with Crippen molar-refractivity contribution in [2.45, 2.75) is 259 Å². The number of aliphatic hydroxyl groups is 24. The van der Waals surface area contributed by atoms with Gasteiger partial charge >= 0.3 is 0 Å². The van der Waals surface area contributed by atoms with Gasteiger partial charge in [-0.2, -0.15) is 0 Å². The van der Waals surface area contributed by atoms with Crippen LogP contribution in [-0.2, 0) is 80.6 Å². The van der Waals surface area contributed by atoms with Crippen LogP contribution in [0.5, 0.6) is 0 Å². The van der Waals surface area contributed by atoms with E-state index >= 15 is 0 Å². The molecule has 8 rings (SSSR count). The maximum atomic E-state index is 12.8. The molecule has 8 aliphatic rings. The van der Waals surface area contributed by atoms with Crippen LogP contribution in [0.2, 0.25) is 0 Å². The van der Waals surface area contributed by atoms with Crippen molar-refractivity contribution in [3.63, 3.8) is 0 Å². The second-order valence-corrected chi connectivity index (χ2v) is 23.9. The highest BCUT2D eigenvalue weighted by molar-refractivity contribution is 5.73. The molecule has 0 aromatic heterocycles. The lowest BCUT2D eigenvalue weighted by Gasteiger charge is -2.50. The highest BCUT2D eigenvalue weighted by atomic mass is 16.8. The summed E-state index contributed by atoms with van der Waals surface area (Å²) in [5, 5.41) is 266. The Bertz CT molecular complexity index is 2380. The molecule has 0 radical (unpaired) electrons. The van der Waals surface area contributed by atoms with Gasteiger partial charge in [-0.05, 0) is 0 Å². The van der Waals surface area contributed by atoms with Gasteiger partial charge < -0.3 is 204 Å². The Labute approximate surface area is 536 Å². The van der Waals surface area contributed by atoms with Crippen LogP contribution in [0.3, 0.4) is 0 Å². The summed E-state index contributed by atoms with van der Waals surface area (Å²) >= 11 is 0. The minimum atomic E-state index is -2.47. The molecule has 0 aromatic rings. The highest BCUT2D eigenvalue weighted by Crippen LogP contribution is 2.38. The largest absolute Gasteiger partial charge is 0.394 e. The molecule has 95 heavy (non-hydrogen) atoms. The van der Waals surface area contributed by atoms with Crippen molar-refractivity contribution in [2.75, 3.05) is 52.9 Å². The Morgan fingerprint density at radius 2 is 0.537 bits per heavy atom. The number of carbonyl (C=O) groups excluding carboxylic acids is 2. The fraction of sp³-hybridized carbons (Fsp3) is 0.962. The smallest absolute Gasteiger partial charge is 0.217 e. The molecule has 8 fully saturated rings. The summed E-state index contributed by atoms with van der Waals surface area (Å²) in [7, 11) is 0. The van der Waals surface area contributed by atoms with Crippen molar-refractivity contribution in [1.82, 2.24) is 10.6 Å². The summed E-state index contributed by atoms with van der Waals surface area (Å²) in [4.78, 5) is 24.8. The summed E-state index contributed by atoms with van der Waals surface area (Å²) in [6, 6.07) is -3.48. The van der Waals surface area contributed by atoms with E-state index in [9.17, 15) is 132 Å². The zero-order valence-corrected chi connectivity index (χ0v) is 50.4. The SMILES string of the molecule is CC(=O)N[C@@H]1[C@@H](O)[C@H](O[C@@H]2O[C@H](CO)[C@@H](O[C@@H]3O[C@H](CO[C@H]4O[C@H](CO[C@H]5O[C@H](CO)[C@@H](O)[C@H](O)[C@@H]5O)[C@@H](O)[C@H](O[C@H]5O[C@H](CO)[C@@H](O)[C@H](O)[C@@H]5O)[C@@H]4O)[C@@H](O)[C@H](O[C@H]4O[C@H](CO)[C@@H](O)[C@H](O[C@H]5O[C@H](CO)[C@@H](O)[C@H](O)[C@@H]5O)[C@@H]4O)[C@@H]3O)[C@H](O)[C@H]2NC(C)=O)[C@@H](CO)O[C@H]1O. The molecule has 0 aromatic carbocycles. The van der Waals surface area contributed by atoms with E-state index in [0.717, 1.165) is 13.8 Å². The molecule has 0 bridgehead atoms.